The van der Waals surface area contributed by atoms with E-state index in [1.54, 1.807) is 20.3 Å². The number of benzene rings is 2. The quantitative estimate of drug-likeness (QED) is 0.557. The Kier molecular flexibility index (Phi) is 4.47. The number of fused-ring (bicyclic) bond motifs is 1. The van der Waals surface area contributed by atoms with Crippen molar-refractivity contribution < 1.29 is 18.8 Å². The van der Waals surface area contributed by atoms with Gasteiger partial charge < -0.3 is 14.0 Å². The van der Waals surface area contributed by atoms with Crippen LogP contribution in [0.3, 0.4) is 0 Å². The van der Waals surface area contributed by atoms with Gasteiger partial charge in [-0.1, -0.05) is 16.5 Å². The SMILES string of the molecule is COc1ccc(-c2cc(C(=O)Nc3nc4ccc(OC)cc4s3)no2)cc1. The number of aromatic nitrogens is 2. The van der Waals surface area contributed by atoms with Crippen LogP contribution >= 0.6 is 11.3 Å². The minimum Gasteiger partial charge on any atom is -0.497 e. The van der Waals surface area contributed by atoms with Crippen molar-refractivity contribution in [2.24, 2.45) is 0 Å². The van der Waals surface area contributed by atoms with Crippen LogP contribution in [-0.2, 0) is 0 Å². The number of hydrogen-bond donors (Lipinski definition) is 1. The first kappa shape index (κ1) is 17.0. The molecule has 0 aliphatic heterocycles. The number of carbonyl (C=O) groups is 1. The summed E-state index contributed by atoms with van der Waals surface area (Å²) >= 11 is 1.36. The molecular weight excluding hydrogens is 366 g/mol. The van der Waals surface area contributed by atoms with Gasteiger partial charge in [-0.05, 0) is 42.5 Å². The molecule has 0 saturated carbocycles. The topological polar surface area (TPSA) is 86.5 Å². The lowest BCUT2D eigenvalue weighted by molar-refractivity contribution is 0.101. The van der Waals surface area contributed by atoms with E-state index in [1.165, 1.54) is 11.3 Å². The van der Waals surface area contributed by atoms with Crippen molar-refractivity contribution in [3.63, 3.8) is 0 Å². The van der Waals surface area contributed by atoms with Crippen LogP contribution in [0.25, 0.3) is 21.5 Å². The highest BCUT2D eigenvalue weighted by atomic mass is 32.1. The van der Waals surface area contributed by atoms with E-state index in [0.717, 1.165) is 27.3 Å². The first-order valence-corrected chi connectivity index (χ1v) is 8.85. The zero-order valence-corrected chi connectivity index (χ0v) is 15.4. The molecule has 4 aromatic rings. The Morgan fingerprint density at radius 1 is 1.04 bits per heavy atom. The van der Waals surface area contributed by atoms with Crippen LogP contribution in [0.2, 0.25) is 0 Å². The highest BCUT2D eigenvalue weighted by molar-refractivity contribution is 7.22. The van der Waals surface area contributed by atoms with Crippen LogP contribution in [0.5, 0.6) is 11.5 Å². The second-order valence-electron chi connectivity index (χ2n) is 5.61. The summed E-state index contributed by atoms with van der Waals surface area (Å²) in [5, 5.41) is 7.09. The third-order valence-corrected chi connectivity index (χ3v) is 4.87. The third kappa shape index (κ3) is 3.47. The molecule has 4 rings (SSSR count). The van der Waals surface area contributed by atoms with Crippen LogP contribution < -0.4 is 14.8 Å². The summed E-state index contributed by atoms with van der Waals surface area (Å²) in [5.41, 5.74) is 1.77. The predicted molar refractivity (Wildman–Crippen MR) is 103 cm³/mol. The number of hydrogen-bond acceptors (Lipinski definition) is 7. The maximum atomic E-state index is 12.4. The molecule has 1 amide bonds. The Bertz CT molecular complexity index is 1100. The molecular formula is C19H15N3O4S. The van der Waals surface area contributed by atoms with Gasteiger partial charge in [0.2, 0.25) is 0 Å². The Morgan fingerprint density at radius 3 is 2.52 bits per heavy atom. The maximum Gasteiger partial charge on any atom is 0.279 e. The van der Waals surface area contributed by atoms with Crippen LogP contribution in [0.1, 0.15) is 10.5 Å². The largest absolute Gasteiger partial charge is 0.497 e. The standard InChI is InChI=1S/C19H15N3O4S/c1-24-12-5-3-11(4-6-12)16-10-15(22-26-16)18(23)21-19-20-14-8-7-13(25-2)9-17(14)27-19/h3-10H,1-2H3,(H,20,21,23). The monoisotopic (exact) mass is 381 g/mol. The highest BCUT2D eigenvalue weighted by Gasteiger charge is 2.16. The summed E-state index contributed by atoms with van der Waals surface area (Å²) in [6, 6.07) is 14.4. The normalized spacial score (nSPS) is 10.7. The fourth-order valence-electron chi connectivity index (χ4n) is 2.52. The van der Waals surface area contributed by atoms with Gasteiger partial charge in [-0.15, -0.1) is 0 Å². The van der Waals surface area contributed by atoms with Gasteiger partial charge in [0.1, 0.15) is 11.5 Å². The summed E-state index contributed by atoms with van der Waals surface area (Å²) in [6.07, 6.45) is 0. The summed E-state index contributed by atoms with van der Waals surface area (Å²) in [4.78, 5) is 16.8. The van der Waals surface area contributed by atoms with Crippen LogP contribution in [0, 0.1) is 0 Å². The van der Waals surface area contributed by atoms with Crippen molar-refractivity contribution in [2.75, 3.05) is 19.5 Å². The number of nitrogens with zero attached hydrogens (tertiary/aromatic N) is 2. The number of ether oxygens (including phenoxy) is 2. The molecule has 0 unspecified atom stereocenters. The van der Waals surface area contributed by atoms with Gasteiger partial charge in [0.25, 0.3) is 5.91 Å². The molecule has 2 heterocycles. The molecule has 27 heavy (non-hydrogen) atoms. The summed E-state index contributed by atoms with van der Waals surface area (Å²) in [6.45, 7) is 0. The summed E-state index contributed by atoms with van der Waals surface area (Å²) < 4.78 is 16.5. The fourth-order valence-corrected chi connectivity index (χ4v) is 3.41. The van der Waals surface area contributed by atoms with E-state index in [1.807, 2.05) is 42.5 Å². The number of nitrogens with one attached hydrogen (secondary N) is 1. The molecule has 8 heteroatoms. The molecule has 2 aromatic heterocycles. The lowest BCUT2D eigenvalue weighted by Gasteiger charge is -1.99. The van der Waals surface area contributed by atoms with Gasteiger partial charge in [-0.25, -0.2) is 4.98 Å². The Balaban J connectivity index is 1.52. The van der Waals surface area contributed by atoms with Crippen molar-refractivity contribution in [1.29, 1.82) is 0 Å². The van der Waals surface area contributed by atoms with Crippen molar-refractivity contribution in [3.05, 3.63) is 54.2 Å². The molecule has 0 saturated heterocycles. The van der Waals surface area contributed by atoms with E-state index in [2.05, 4.69) is 15.5 Å². The molecule has 0 atom stereocenters. The van der Waals surface area contributed by atoms with E-state index in [9.17, 15) is 4.79 Å². The van der Waals surface area contributed by atoms with Gasteiger partial charge in [-0.3, -0.25) is 10.1 Å². The number of amides is 1. The van der Waals surface area contributed by atoms with Gasteiger partial charge in [0, 0.05) is 11.6 Å². The number of thiazole rings is 1. The second-order valence-corrected chi connectivity index (χ2v) is 6.64. The lowest BCUT2D eigenvalue weighted by Crippen LogP contribution is -2.11. The van der Waals surface area contributed by atoms with Crippen molar-refractivity contribution in [1.82, 2.24) is 10.1 Å². The zero-order chi connectivity index (χ0) is 18.8. The van der Waals surface area contributed by atoms with Crippen LogP contribution in [-0.4, -0.2) is 30.3 Å². The average Bonchev–Trinajstić information content (AvgIpc) is 3.34. The molecule has 2 aromatic carbocycles. The van der Waals surface area contributed by atoms with Crippen LogP contribution in [0.4, 0.5) is 5.13 Å². The molecule has 7 nitrogen and oxygen atoms in total. The molecule has 0 aliphatic carbocycles. The van der Waals surface area contributed by atoms with E-state index in [4.69, 9.17) is 14.0 Å². The maximum absolute atomic E-state index is 12.4. The molecule has 1 N–H and O–H groups in total. The number of rotatable bonds is 5. The number of carbonyl (C=O) groups excluding carboxylic acids is 1. The van der Waals surface area contributed by atoms with Crippen molar-refractivity contribution >= 4 is 32.6 Å². The molecule has 0 spiro atoms. The number of anilines is 1. The van der Waals surface area contributed by atoms with Crippen molar-refractivity contribution in [3.8, 4) is 22.8 Å². The molecule has 0 fully saturated rings. The van der Waals surface area contributed by atoms with Gasteiger partial charge >= 0.3 is 0 Å². The van der Waals surface area contributed by atoms with Crippen molar-refractivity contribution in [2.45, 2.75) is 0 Å². The van der Waals surface area contributed by atoms with Gasteiger partial charge in [0.15, 0.2) is 16.6 Å². The first-order chi connectivity index (χ1) is 13.2. The first-order valence-electron chi connectivity index (χ1n) is 8.03. The molecule has 0 bridgehead atoms. The molecule has 0 aliphatic rings. The average molecular weight is 381 g/mol. The Labute approximate surface area is 158 Å². The molecule has 136 valence electrons. The second kappa shape index (κ2) is 7.08. The smallest absolute Gasteiger partial charge is 0.279 e. The van der Waals surface area contributed by atoms with E-state index < -0.39 is 0 Å². The Morgan fingerprint density at radius 2 is 1.78 bits per heavy atom. The fraction of sp³-hybridized carbons (Fsp3) is 0.105. The minimum absolute atomic E-state index is 0.178. The summed E-state index contributed by atoms with van der Waals surface area (Å²) in [5.74, 6) is 1.59. The van der Waals surface area contributed by atoms with Crippen LogP contribution in [0.15, 0.2) is 53.1 Å². The minimum atomic E-state index is -0.385. The van der Waals surface area contributed by atoms with Gasteiger partial charge in [0.05, 0.1) is 24.4 Å². The predicted octanol–water partition coefficient (Wildman–Crippen LogP) is 4.22. The third-order valence-electron chi connectivity index (χ3n) is 3.93. The Hall–Kier alpha value is -3.39. The lowest BCUT2D eigenvalue weighted by atomic mass is 10.1. The highest BCUT2D eigenvalue weighted by Crippen LogP contribution is 2.29. The van der Waals surface area contributed by atoms with E-state index in [0.29, 0.717) is 10.9 Å². The summed E-state index contributed by atoms with van der Waals surface area (Å²) in [7, 11) is 3.21. The van der Waals surface area contributed by atoms with Gasteiger partial charge in [-0.2, -0.15) is 0 Å². The van der Waals surface area contributed by atoms with E-state index >= 15 is 0 Å². The number of methoxy groups -OCH3 is 2. The molecule has 0 radical (unpaired) electrons. The van der Waals surface area contributed by atoms with E-state index in [-0.39, 0.29) is 11.6 Å². The zero-order valence-electron chi connectivity index (χ0n) is 14.6.